The van der Waals surface area contributed by atoms with Gasteiger partial charge in [0.15, 0.2) is 0 Å². The summed E-state index contributed by atoms with van der Waals surface area (Å²) >= 11 is 0. The molecule has 160 valence electrons. The van der Waals surface area contributed by atoms with Gasteiger partial charge in [-0.1, -0.05) is 13.0 Å². The van der Waals surface area contributed by atoms with Crippen LogP contribution in [0.4, 0.5) is 10.5 Å². The summed E-state index contributed by atoms with van der Waals surface area (Å²) in [6.45, 7) is 4.36. The van der Waals surface area contributed by atoms with Crippen LogP contribution in [0.25, 0.3) is 0 Å². The summed E-state index contributed by atoms with van der Waals surface area (Å²) in [6.07, 6.45) is 2.82. The van der Waals surface area contributed by atoms with E-state index in [0.29, 0.717) is 34.8 Å². The van der Waals surface area contributed by atoms with Crippen molar-refractivity contribution in [3.8, 4) is 17.2 Å². The first-order chi connectivity index (χ1) is 14.5. The number of hydrogen-bond donors (Lipinski definition) is 1. The predicted molar refractivity (Wildman–Crippen MR) is 117 cm³/mol. The molecular formula is C24H30N2O4. The van der Waals surface area contributed by atoms with Crippen molar-refractivity contribution in [2.24, 2.45) is 0 Å². The summed E-state index contributed by atoms with van der Waals surface area (Å²) in [5.41, 5.74) is 4.58. The molecule has 1 amide bonds. The Balaban J connectivity index is 1.60. The van der Waals surface area contributed by atoms with Gasteiger partial charge in [0.1, 0.15) is 17.2 Å². The Morgan fingerprint density at radius 3 is 2.50 bits per heavy atom. The third-order valence-electron chi connectivity index (χ3n) is 6.28. The minimum absolute atomic E-state index is 0.374. The van der Waals surface area contributed by atoms with Gasteiger partial charge in [-0.2, -0.15) is 0 Å². The highest BCUT2D eigenvalue weighted by Crippen LogP contribution is 2.46. The van der Waals surface area contributed by atoms with E-state index in [1.807, 2.05) is 6.07 Å². The molecule has 0 aromatic heterocycles. The van der Waals surface area contributed by atoms with E-state index in [-0.39, 0.29) is 0 Å². The van der Waals surface area contributed by atoms with E-state index in [0.717, 1.165) is 25.9 Å². The number of ether oxygens (including phenoxy) is 3. The molecule has 6 nitrogen and oxygen atoms in total. The van der Waals surface area contributed by atoms with Crippen LogP contribution in [0.1, 0.15) is 48.3 Å². The van der Waals surface area contributed by atoms with Crippen molar-refractivity contribution in [2.45, 2.75) is 38.0 Å². The fourth-order valence-electron chi connectivity index (χ4n) is 4.78. The average molecular weight is 411 g/mol. The van der Waals surface area contributed by atoms with E-state index in [2.05, 4.69) is 30.3 Å². The number of carbonyl (C=O) groups excluding carboxylic acids is 1. The molecule has 1 N–H and O–H groups in total. The lowest BCUT2D eigenvalue weighted by Gasteiger charge is -2.32. The zero-order valence-electron chi connectivity index (χ0n) is 18.2. The topological polar surface area (TPSA) is 60.0 Å². The Morgan fingerprint density at radius 1 is 1.07 bits per heavy atom. The van der Waals surface area contributed by atoms with Crippen LogP contribution in [0.3, 0.4) is 0 Å². The molecule has 0 saturated heterocycles. The Morgan fingerprint density at radius 2 is 1.80 bits per heavy atom. The molecular weight excluding hydrogens is 380 g/mol. The van der Waals surface area contributed by atoms with Gasteiger partial charge in [0, 0.05) is 36.9 Å². The highest BCUT2D eigenvalue weighted by molar-refractivity contribution is 5.87. The van der Waals surface area contributed by atoms with E-state index >= 15 is 0 Å². The molecule has 2 aromatic carbocycles. The summed E-state index contributed by atoms with van der Waals surface area (Å²) in [7, 11) is 5.34. The zero-order chi connectivity index (χ0) is 21.3. The van der Waals surface area contributed by atoms with Gasteiger partial charge < -0.3 is 19.1 Å². The third kappa shape index (κ3) is 4.10. The number of methoxy groups -OCH3 is 2. The molecule has 2 aromatic rings. The van der Waals surface area contributed by atoms with Gasteiger partial charge in [-0.05, 0) is 55.3 Å². The maximum absolute atomic E-state index is 12.7. The van der Waals surface area contributed by atoms with Crippen LogP contribution >= 0.6 is 0 Å². The maximum atomic E-state index is 12.7. The first kappa shape index (κ1) is 20.5. The number of anilines is 1. The maximum Gasteiger partial charge on any atom is 0.417 e. The Kier molecular flexibility index (Phi) is 5.86. The van der Waals surface area contributed by atoms with E-state index in [4.69, 9.17) is 14.2 Å². The SMILES string of the molecule is COc1cc(NC(=O)Oc2ccc3c4c2C(C)CCC4CN(C)CC3)cc(OC)c1. The fraction of sp³-hybridized carbons (Fsp3) is 0.458. The molecule has 4 rings (SSSR count). The number of carbonyl (C=O) groups is 1. The molecule has 1 aliphatic carbocycles. The van der Waals surface area contributed by atoms with Gasteiger partial charge in [0.25, 0.3) is 0 Å². The van der Waals surface area contributed by atoms with Crippen molar-refractivity contribution in [3.05, 3.63) is 47.0 Å². The Hall–Kier alpha value is -2.73. The minimum atomic E-state index is -0.512. The molecule has 1 heterocycles. The van der Waals surface area contributed by atoms with E-state index < -0.39 is 6.09 Å². The van der Waals surface area contributed by atoms with Crippen molar-refractivity contribution >= 4 is 11.8 Å². The van der Waals surface area contributed by atoms with E-state index in [9.17, 15) is 4.79 Å². The van der Waals surface area contributed by atoms with Gasteiger partial charge in [-0.15, -0.1) is 0 Å². The lowest BCUT2D eigenvalue weighted by molar-refractivity contribution is 0.214. The number of nitrogens with zero attached hydrogens (tertiary/aromatic N) is 1. The molecule has 0 bridgehead atoms. The molecule has 2 aliphatic rings. The number of nitrogens with one attached hydrogen (secondary N) is 1. The Bertz CT molecular complexity index is 921. The van der Waals surface area contributed by atoms with Gasteiger partial charge in [0.05, 0.1) is 19.9 Å². The normalized spacial score (nSPS) is 20.7. The van der Waals surface area contributed by atoms with Crippen LogP contribution < -0.4 is 19.5 Å². The smallest absolute Gasteiger partial charge is 0.417 e. The van der Waals surface area contributed by atoms with Gasteiger partial charge in [-0.25, -0.2) is 4.79 Å². The predicted octanol–water partition coefficient (Wildman–Crippen LogP) is 4.78. The minimum Gasteiger partial charge on any atom is -0.497 e. The van der Waals surface area contributed by atoms with Crippen LogP contribution in [0, 0.1) is 0 Å². The summed E-state index contributed by atoms with van der Waals surface area (Å²) < 4.78 is 16.4. The number of benzene rings is 2. The summed E-state index contributed by atoms with van der Waals surface area (Å²) in [6, 6.07) is 9.33. The van der Waals surface area contributed by atoms with Crippen LogP contribution in [0.15, 0.2) is 30.3 Å². The molecule has 0 fully saturated rings. The van der Waals surface area contributed by atoms with Crippen LogP contribution in [0.2, 0.25) is 0 Å². The number of likely N-dealkylation sites (N-methyl/N-ethyl adjacent to an activating group) is 1. The van der Waals surface area contributed by atoms with Crippen molar-refractivity contribution in [1.82, 2.24) is 4.90 Å². The molecule has 0 saturated carbocycles. The second-order valence-corrected chi connectivity index (χ2v) is 8.35. The quantitative estimate of drug-likeness (QED) is 0.786. The molecule has 30 heavy (non-hydrogen) atoms. The largest absolute Gasteiger partial charge is 0.497 e. The number of rotatable bonds is 4. The number of amides is 1. The third-order valence-corrected chi connectivity index (χ3v) is 6.28. The monoisotopic (exact) mass is 410 g/mol. The van der Waals surface area contributed by atoms with Crippen LogP contribution in [0.5, 0.6) is 17.2 Å². The molecule has 0 radical (unpaired) electrons. The average Bonchev–Trinajstić information content (AvgIpc) is 2.90. The summed E-state index contributed by atoms with van der Waals surface area (Å²) in [4.78, 5) is 15.1. The lowest BCUT2D eigenvalue weighted by Crippen LogP contribution is -2.26. The molecule has 2 atom stereocenters. The highest BCUT2D eigenvalue weighted by Gasteiger charge is 2.32. The summed E-state index contributed by atoms with van der Waals surface area (Å²) in [5.74, 6) is 2.76. The molecule has 0 spiro atoms. The van der Waals surface area contributed by atoms with Crippen molar-refractivity contribution in [2.75, 3.05) is 39.7 Å². The first-order valence-corrected chi connectivity index (χ1v) is 10.5. The first-order valence-electron chi connectivity index (χ1n) is 10.5. The van der Waals surface area contributed by atoms with Crippen LogP contribution in [-0.4, -0.2) is 45.3 Å². The second-order valence-electron chi connectivity index (χ2n) is 8.35. The van der Waals surface area contributed by atoms with Crippen LogP contribution in [-0.2, 0) is 6.42 Å². The lowest BCUT2D eigenvalue weighted by atomic mass is 9.75. The Labute approximate surface area is 178 Å². The van der Waals surface area contributed by atoms with Crippen molar-refractivity contribution < 1.29 is 19.0 Å². The van der Waals surface area contributed by atoms with E-state index in [1.165, 1.54) is 23.1 Å². The van der Waals surface area contributed by atoms with E-state index in [1.54, 1.807) is 32.4 Å². The van der Waals surface area contributed by atoms with Crippen molar-refractivity contribution in [1.29, 1.82) is 0 Å². The standard InChI is InChI=1S/C24H30N2O4/c1-15-5-6-17-14-26(2)10-9-16-7-8-21(22(15)23(16)17)30-24(27)25-18-11-19(28-3)13-20(12-18)29-4/h7-8,11-13,15,17H,5-6,9-10,14H2,1-4H3,(H,25,27). The molecule has 2 unspecified atom stereocenters. The number of hydrogen-bond acceptors (Lipinski definition) is 5. The molecule has 1 aliphatic heterocycles. The van der Waals surface area contributed by atoms with Gasteiger partial charge in [0.2, 0.25) is 0 Å². The molecule has 6 heteroatoms. The summed E-state index contributed by atoms with van der Waals surface area (Å²) in [5, 5.41) is 2.81. The van der Waals surface area contributed by atoms with Crippen molar-refractivity contribution in [3.63, 3.8) is 0 Å². The zero-order valence-corrected chi connectivity index (χ0v) is 18.2. The van der Waals surface area contributed by atoms with Gasteiger partial charge >= 0.3 is 6.09 Å². The van der Waals surface area contributed by atoms with Gasteiger partial charge in [-0.3, -0.25) is 5.32 Å². The second kappa shape index (κ2) is 8.56. The fourth-order valence-corrected chi connectivity index (χ4v) is 4.78. The highest BCUT2D eigenvalue weighted by atomic mass is 16.6.